The van der Waals surface area contributed by atoms with Crippen LogP contribution in [0.15, 0.2) is 12.1 Å². The molecule has 0 heterocycles. The number of aliphatic hydroxyl groups is 1. The van der Waals surface area contributed by atoms with E-state index in [9.17, 15) is 9.90 Å². The van der Waals surface area contributed by atoms with Crippen LogP contribution in [0.4, 0.5) is 5.69 Å². The summed E-state index contributed by atoms with van der Waals surface area (Å²) >= 11 is 0. The minimum atomic E-state index is -0.356. The van der Waals surface area contributed by atoms with E-state index in [2.05, 4.69) is 12.2 Å². The van der Waals surface area contributed by atoms with Crippen LogP contribution in [0.1, 0.15) is 30.5 Å². The first-order valence-corrected chi connectivity index (χ1v) is 6.37. The van der Waals surface area contributed by atoms with Crippen molar-refractivity contribution in [2.24, 2.45) is 11.8 Å². The molecule has 3 heteroatoms. The van der Waals surface area contributed by atoms with Crippen molar-refractivity contribution in [3.05, 3.63) is 28.8 Å². The van der Waals surface area contributed by atoms with Crippen molar-refractivity contribution in [2.45, 2.75) is 34.6 Å². The molecule has 0 fully saturated rings. The first-order valence-electron chi connectivity index (χ1n) is 6.37. The Balaban J connectivity index is 2.92. The molecule has 0 spiro atoms. The molecule has 0 saturated heterocycles. The van der Waals surface area contributed by atoms with Crippen molar-refractivity contribution in [2.75, 3.05) is 11.9 Å². The standard InChI is InChI=1S/C15H23NO2/c1-9(2)13(8-17)15(18)16-14-7-6-10(3)11(4)12(14)5/h6-7,9,13,17H,8H2,1-5H3,(H,16,18). The van der Waals surface area contributed by atoms with Gasteiger partial charge in [-0.05, 0) is 49.4 Å². The maximum absolute atomic E-state index is 12.1. The van der Waals surface area contributed by atoms with Gasteiger partial charge in [0.1, 0.15) is 0 Å². The van der Waals surface area contributed by atoms with E-state index in [0.29, 0.717) is 0 Å². The third-order valence-electron chi connectivity index (χ3n) is 3.65. The van der Waals surface area contributed by atoms with Gasteiger partial charge in [-0.2, -0.15) is 0 Å². The van der Waals surface area contributed by atoms with Gasteiger partial charge in [-0.15, -0.1) is 0 Å². The summed E-state index contributed by atoms with van der Waals surface area (Å²) in [5, 5.41) is 12.2. The number of benzene rings is 1. The highest BCUT2D eigenvalue weighted by Gasteiger charge is 2.21. The van der Waals surface area contributed by atoms with Gasteiger partial charge >= 0.3 is 0 Å². The Morgan fingerprint density at radius 2 is 1.83 bits per heavy atom. The number of aryl methyl sites for hydroxylation is 1. The molecule has 0 radical (unpaired) electrons. The molecular formula is C15H23NO2. The predicted octanol–water partition coefficient (Wildman–Crippen LogP) is 2.81. The van der Waals surface area contributed by atoms with Gasteiger partial charge in [0, 0.05) is 5.69 Å². The van der Waals surface area contributed by atoms with Crippen LogP contribution in [0.25, 0.3) is 0 Å². The Hall–Kier alpha value is -1.35. The van der Waals surface area contributed by atoms with Crippen LogP contribution in [0.3, 0.4) is 0 Å². The van der Waals surface area contributed by atoms with Gasteiger partial charge in [-0.3, -0.25) is 4.79 Å². The number of amides is 1. The lowest BCUT2D eigenvalue weighted by molar-refractivity contribution is -0.122. The molecule has 0 aliphatic carbocycles. The number of hydrogen-bond acceptors (Lipinski definition) is 2. The number of aliphatic hydroxyl groups excluding tert-OH is 1. The van der Waals surface area contributed by atoms with Crippen molar-refractivity contribution in [1.82, 2.24) is 0 Å². The summed E-state index contributed by atoms with van der Waals surface area (Å²) in [5.41, 5.74) is 4.33. The zero-order chi connectivity index (χ0) is 13.9. The van der Waals surface area contributed by atoms with Gasteiger partial charge in [0.15, 0.2) is 0 Å². The second-order valence-electron chi connectivity index (χ2n) is 5.20. The quantitative estimate of drug-likeness (QED) is 0.862. The zero-order valence-electron chi connectivity index (χ0n) is 11.9. The number of rotatable bonds is 4. The summed E-state index contributed by atoms with van der Waals surface area (Å²) in [4.78, 5) is 12.1. The second-order valence-corrected chi connectivity index (χ2v) is 5.20. The lowest BCUT2D eigenvalue weighted by atomic mass is 9.95. The molecule has 0 aliphatic heterocycles. The van der Waals surface area contributed by atoms with Crippen LogP contribution < -0.4 is 5.32 Å². The average molecular weight is 249 g/mol. The van der Waals surface area contributed by atoms with E-state index in [1.54, 1.807) is 0 Å². The minimum absolute atomic E-state index is 0.112. The maximum atomic E-state index is 12.1. The number of carbonyl (C=O) groups excluding carboxylic acids is 1. The first kappa shape index (κ1) is 14.7. The molecule has 0 aromatic heterocycles. The van der Waals surface area contributed by atoms with Crippen molar-refractivity contribution in [3.8, 4) is 0 Å². The van der Waals surface area contributed by atoms with Gasteiger partial charge in [0.05, 0.1) is 12.5 Å². The van der Waals surface area contributed by atoms with E-state index in [-0.39, 0.29) is 24.3 Å². The summed E-state index contributed by atoms with van der Waals surface area (Å²) in [5.74, 6) is -0.341. The van der Waals surface area contributed by atoms with Crippen molar-refractivity contribution in [1.29, 1.82) is 0 Å². The summed E-state index contributed by atoms with van der Waals surface area (Å²) in [6, 6.07) is 3.92. The second kappa shape index (κ2) is 6.01. The molecule has 1 amide bonds. The summed E-state index contributed by atoms with van der Waals surface area (Å²) in [6.07, 6.45) is 0. The summed E-state index contributed by atoms with van der Waals surface area (Å²) < 4.78 is 0. The Morgan fingerprint density at radius 1 is 1.22 bits per heavy atom. The van der Waals surface area contributed by atoms with Crippen molar-refractivity contribution in [3.63, 3.8) is 0 Å². The van der Waals surface area contributed by atoms with Gasteiger partial charge in [-0.1, -0.05) is 19.9 Å². The summed E-state index contributed by atoms with van der Waals surface area (Å²) in [7, 11) is 0. The molecule has 1 rings (SSSR count). The molecular weight excluding hydrogens is 226 g/mol. The molecule has 100 valence electrons. The van der Waals surface area contributed by atoms with Gasteiger partial charge in [-0.25, -0.2) is 0 Å². The van der Waals surface area contributed by atoms with Crippen LogP contribution in [0, 0.1) is 32.6 Å². The number of hydrogen-bond donors (Lipinski definition) is 2. The van der Waals surface area contributed by atoms with E-state index in [0.717, 1.165) is 11.3 Å². The van der Waals surface area contributed by atoms with Crippen molar-refractivity contribution < 1.29 is 9.90 Å². The monoisotopic (exact) mass is 249 g/mol. The molecule has 1 unspecified atom stereocenters. The van der Waals surface area contributed by atoms with E-state index in [4.69, 9.17) is 0 Å². The van der Waals surface area contributed by atoms with Crippen LogP contribution in [0.2, 0.25) is 0 Å². The fraction of sp³-hybridized carbons (Fsp3) is 0.533. The van der Waals surface area contributed by atoms with E-state index in [1.807, 2.05) is 39.8 Å². The predicted molar refractivity (Wildman–Crippen MR) is 74.7 cm³/mol. The van der Waals surface area contributed by atoms with E-state index < -0.39 is 0 Å². The van der Waals surface area contributed by atoms with Gasteiger partial charge in [0.25, 0.3) is 0 Å². The zero-order valence-corrected chi connectivity index (χ0v) is 11.9. The third-order valence-corrected chi connectivity index (χ3v) is 3.65. The SMILES string of the molecule is Cc1ccc(NC(=O)C(CO)C(C)C)c(C)c1C. The average Bonchev–Trinajstić information content (AvgIpc) is 2.30. The minimum Gasteiger partial charge on any atom is -0.396 e. The highest BCUT2D eigenvalue weighted by atomic mass is 16.3. The molecule has 1 aromatic rings. The molecule has 3 nitrogen and oxygen atoms in total. The Bertz CT molecular complexity index is 438. The topological polar surface area (TPSA) is 49.3 Å². The molecule has 0 saturated carbocycles. The molecule has 1 atom stereocenters. The Kier molecular flexibility index (Phi) is 4.91. The smallest absolute Gasteiger partial charge is 0.230 e. The van der Waals surface area contributed by atoms with Crippen molar-refractivity contribution >= 4 is 11.6 Å². The van der Waals surface area contributed by atoms with Crippen LogP contribution in [-0.2, 0) is 4.79 Å². The fourth-order valence-corrected chi connectivity index (χ4v) is 1.91. The van der Waals surface area contributed by atoms with E-state index >= 15 is 0 Å². The highest BCUT2D eigenvalue weighted by Crippen LogP contribution is 2.23. The lowest BCUT2D eigenvalue weighted by Crippen LogP contribution is -2.30. The molecule has 0 aliphatic rings. The number of carbonyl (C=O) groups is 1. The van der Waals surface area contributed by atoms with E-state index in [1.165, 1.54) is 11.1 Å². The molecule has 18 heavy (non-hydrogen) atoms. The number of nitrogens with one attached hydrogen (secondary N) is 1. The van der Waals surface area contributed by atoms with Crippen LogP contribution >= 0.6 is 0 Å². The molecule has 1 aromatic carbocycles. The Morgan fingerprint density at radius 3 is 2.33 bits per heavy atom. The van der Waals surface area contributed by atoms with Crippen LogP contribution in [0.5, 0.6) is 0 Å². The lowest BCUT2D eigenvalue weighted by Gasteiger charge is -2.19. The van der Waals surface area contributed by atoms with Gasteiger partial charge < -0.3 is 10.4 Å². The molecule has 0 bridgehead atoms. The largest absolute Gasteiger partial charge is 0.396 e. The maximum Gasteiger partial charge on any atom is 0.230 e. The summed E-state index contributed by atoms with van der Waals surface area (Å²) in [6.45, 7) is 9.86. The number of anilines is 1. The third kappa shape index (κ3) is 3.10. The van der Waals surface area contributed by atoms with Gasteiger partial charge in [0.2, 0.25) is 5.91 Å². The van der Waals surface area contributed by atoms with Crippen LogP contribution in [-0.4, -0.2) is 17.6 Å². The normalized spacial score (nSPS) is 12.6. The molecule has 2 N–H and O–H groups in total. The first-order chi connectivity index (χ1) is 8.38. The Labute approximate surface area is 109 Å². The fourth-order valence-electron chi connectivity index (χ4n) is 1.91. The highest BCUT2D eigenvalue weighted by molar-refractivity contribution is 5.93.